The summed E-state index contributed by atoms with van der Waals surface area (Å²) in [7, 11) is 0. The Morgan fingerprint density at radius 3 is 2.12 bits per heavy atom. The highest BCUT2D eigenvalue weighted by Crippen LogP contribution is 2.36. The van der Waals surface area contributed by atoms with Crippen molar-refractivity contribution in [1.29, 1.82) is 0 Å². The highest BCUT2D eigenvalue weighted by molar-refractivity contribution is 8.00. The molecule has 0 unspecified atom stereocenters. The molecule has 1 N–H and O–H groups in total. The van der Waals surface area contributed by atoms with E-state index in [2.05, 4.69) is 5.32 Å². The maximum absolute atomic E-state index is 13.0. The summed E-state index contributed by atoms with van der Waals surface area (Å²) < 4.78 is 0. The maximum Gasteiger partial charge on any atom is 0.242 e. The second kappa shape index (κ2) is 8.79. The summed E-state index contributed by atoms with van der Waals surface area (Å²) in [4.78, 5) is 15.2. The van der Waals surface area contributed by atoms with Gasteiger partial charge >= 0.3 is 0 Å². The maximum atomic E-state index is 13.0. The lowest BCUT2D eigenvalue weighted by atomic mass is 10.1. The molecule has 0 aromatic heterocycles. The molecular formula is C21H19NOS2. The Kier molecular flexibility index (Phi) is 6.20. The van der Waals surface area contributed by atoms with Gasteiger partial charge in [0.15, 0.2) is 0 Å². The second-order valence-corrected chi connectivity index (χ2v) is 7.44. The van der Waals surface area contributed by atoms with Crippen molar-refractivity contribution < 1.29 is 4.79 Å². The van der Waals surface area contributed by atoms with E-state index in [1.165, 1.54) is 0 Å². The van der Waals surface area contributed by atoms with Crippen molar-refractivity contribution >= 4 is 35.1 Å². The summed E-state index contributed by atoms with van der Waals surface area (Å²) in [6, 6.07) is 27.8. The van der Waals surface area contributed by atoms with E-state index >= 15 is 0 Å². The fourth-order valence-electron chi connectivity index (χ4n) is 2.48. The first-order valence-corrected chi connectivity index (χ1v) is 10.1. The van der Waals surface area contributed by atoms with E-state index in [9.17, 15) is 4.79 Å². The van der Waals surface area contributed by atoms with Crippen LogP contribution in [0.15, 0.2) is 94.7 Å². The van der Waals surface area contributed by atoms with E-state index in [0.717, 1.165) is 21.0 Å². The smallest absolute Gasteiger partial charge is 0.242 e. The van der Waals surface area contributed by atoms with Gasteiger partial charge in [0.2, 0.25) is 5.91 Å². The Hall–Kier alpha value is -2.17. The Bertz CT molecular complexity index is 822. The molecule has 3 aromatic carbocycles. The van der Waals surface area contributed by atoms with Crippen LogP contribution in [0.25, 0.3) is 0 Å². The molecule has 3 aromatic rings. The lowest BCUT2D eigenvalue weighted by Crippen LogP contribution is -2.19. The molecule has 0 fully saturated rings. The number of amides is 1. The van der Waals surface area contributed by atoms with Crippen LogP contribution in [0.1, 0.15) is 10.8 Å². The molecule has 0 radical (unpaired) electrons. The number of benzene rings is 3. The average molecular weight is 366 g/mol. The van der Waals surface area contributed by atoms with Crippen molar-refractivity contribution in [3.63, 3.8) is 0 Å². The fraction of sp³-hybridized carbons (Fsp3) is 0.0952. The molecule has 1 amide bonds. The lowest BCUT2D eigenvalue weighted by Gasteiger charge is -2.18. The molecule has 2 nitrogen and oxygen atoms in total. The molecule has 0 saturated heterocycles. The Morgan fingerprint density at radius 1 is 0.840 bits per heavy atom. The van der Waals surface area contributed by atoms with Crippen molar-refractivity contribution in [3.05, 3.63) is 90.5 Å². The quantitative estimate of drug-likeness (QED) is 0.553. The minimum atomic E-state index is -0.307. The molecule has 0 bridgehead atoms. The number of anilines is 1. The third-order valence-corrected chi connectivity index (χ3v) is 5.76. The summed E-state index contributed by atoms with van der Waals surface area (Å²) in [5.74, 6) is -0.0125. The van der Waals surface area contributed by atoms with Crippen LogP contribution in [-0.4, -0.2) is 12.2 Å². The molecule has 0 heterocycles. The van der Waals surface area contributed by atoms with Crippen LogP contribution in [-0.2, 0) is 4.79 Å². The molecule has 1 atom stereocenters. The molecule has 0 spiro atoms. The first kappa shape index (κ1) is 17.6. The molecule has 4 heteroatoms. The molecule has 0 aliphatic rings. The van der Waals surface area contributed by atoms with Crippen LogP contribution >= 0.6 is 23.5 Å². The largest absolute Gasteiger partial charge is 0.324 e. The standard InChI is InChI=1S/C21H19NOS2/c1-24-19-15-9-8-14-18(19)22-21(23)20(16-10-4-2-5-11-16)25-17-12-6-3-7-13-17/h2-15,20H,1H3,(H,22,23)/t20-/m0/s1. The zero-order chi connectivity index (χ0) is 17.5. The van der Waals surface area contributed by atoms with Crippen molar-refractivity contribution in [2.75, 3.05) is 11.6 Å². The van der Waals surface area contributed by atoms with Crippen molar-refractivity contribution in [1.82, 2.24) is 0 Å². The van der Waals surface area contributed by atoms with Crippen LogP contribution in [0, 0.1) is 0 Å². The minimum absolute atomic E-state index is 0.0125. The van der Waals surface area contributed by atoms with Gasteiger partial charge in [-0.3, -0.25) is 4.79 Å². The van der Waals surface area contributed by atoms with Gasteiger partial charge in [-0.15, -0.1) is 23.5 Å². The third-order valence-electron chi connectivity index (χ3n) is 3.70. The number of hydrogen-bond donors (Lipinski definition) is 1. The number of carbonyl (C=O) groups excluding carboxylic acids is 1. The topological polar surface area (TPSA) is 29.1 Å². The first-order valence-electron chi connectivity index (χ1n) is 7.98. The van der Waals surface area contributed by atoms with Gasteiger partial charge in [-0.25, -0.2) is 0 Å². The second-order valence-electron chi connectivity index (χ2n) is 5.41. The van der Waals surface area contributed by atoms with E-state index in [4.69, 9.17) is 0 Å². The zero-order valence-electron chi connectivity index (χ0n) is 13.9. The van der Waals surface area contributed by atoms with Gasteiger partial charge in [0.25, 0.3) is 0 Å². The Morgan fingerprint density at radius 2 is 1.44 bits per heavy atom. The van der Waals surface area contributed by atoms with Crippen LogP contribution in [0.5, 0.6) is 0 Å². The Balaban J connectivity index is 1.87. The number of rotatable bonds is 6. The van der Waals surface area contributed by atoms with Crippen LogP contribution < -0.4 is 5.32 Å². The zero-order valence-corrected chi connectivity index (χ0v) is 15.5. The normalized spacial score (nSPS) is 11.7. The molecular weight excluding hydrogens is 346 g/mol. The van der Waals surface area contributed by atoms with Gasteiger partial charge in [-0.1, -0.05) is 60.7 Å². The van der Waals surface area contributed by atoms with Crippen LogP contribution in [0.3, 0.4) is 0 Å². The highest BCUT2D eigenvalue weighted by Gasteiger charge is 2.22. The van der Waals surface area contributed by atoms with E-state index in [-0.39, 0.29) is 11.2 Å². The summed E-state index contributed by atoms with van der Waals surface area (Å²) >= 11 is 3.19. The van der Waals surface area contributed by atoms with Crippen molar-refractivity contribution in [2.45, 2.75) is 15.0 Å². The number of carbonyl (C=O) groups is 1. The summed E-state index contributed by atoms with van der Waals surface area (Å²) in [5, 5.41) is 2.79. The number of nitrogens with one attached hydrogen (secondary N) is 1. The van der Waals surface area contributed by atoms with Gasteiger partial charge in [0.05, 0.1) is 5.69 Å². The van der Waals surface area contributed by atoms with Gasteiger partial charge in [-0.2, -0.15) is 0 Å². The summed E-state index contributed by atoms with van der Waals surface area (Å²) in [6.07, 6.45) is 2.01. The monoisotopic (exact) mass is 365 g/mol. The predicted octanol–water partition coefficient (Wildman–Crippen LogP) is 5.88. The molecule has 25 heavy (non-hydrogen) atoms. The highest BCUT2D eigenvalue weighted by atomic mass is 32.2. The molecule has 0 saturated carbocycles. The molecule has 0 aliphatic carbocycles. The van der Waals surface area contributed by atoms with E-state index in [1.54, 1.807) is 23.5 Å². The number of para-hydroxylation sites is 1. The van der Waals surface area contributed by atoms with Gasteiger partial charge in [0, 0.05) is 9.79 Å². The fourth-order valence-corrected chi connectivity index (χ4v) is 4.08. The first-order chi connectivity index (χ1) is 12.3. The molecule has 3 rings (SSSR count). The van der Waals surface area contributed by atoms with Crippen molar-refractivity contribution in [3.8, 4) is 0 Å². The average Bonchev–Trinajstić information content (AvgIpc) is 2.68. The van der Waals surface area contributed by atoms with E-state index < -0.39 is 0 Å². The van der Waals surface area contributed by atoms with Crippen LogP contribution in [0.2, 0.25) is 0 Å². The predicted molar refractivity (Wildman–Crippen MR) is 108 cm³/mol. The number of thioether (sulfide) groups is 2. The van der Waals surface area contributed by atoms with Crippen LogP contribution in [0.4, 0.5) is 5.69 Å². The van der Waals surface area contributed by atoms with Crippen molar-refractivity contribution in [2.24, 2.45) is 0 Å². The Labute approximate surface area is 157 Å². The molecule has 126 valence electrons. The van der Waals surface area contributed by atoms with Gasteiger partial charge in [-0.05, 0) is 36.1 Å². The SMILES string of the molecule is CSc1ccccc1NC(=O)[C@@H](Sc1ccccc1)c1ccccc1. The van der Waals surface area contributed by atoms with E-state index in [0.29, 0.717) is 0 Å². The summed E-state index contributed by atoms with van der Waals surface area (Å²) in [5.41, 5.74) is 1.85. The lowest BCUT2D eigenvalue weighted by molar-refractivity contribution is -0.115. The van der Waals surface area contributed by atoms with Gasteiger partial charge in [0.1, 0.15) is 5.25 Å². The minimum Gasteiger partial charge on any atom is -0.324 e. The number of hydrogen-bond acceptors (Lipinski definition) is 3. The summed E-state index contributed by atoms with van der Waals surface area (Å²) in [6.45, 7) is 0. The van der Waals surface area contributed by atoms with Gasteiger partial charge < -0.3 is 5.32 Å². The van der Waals surface area contributed by atoms with E-state index in [1.807, 2.05) is 91.2 Å². The molecule has 0 aliphatic heterocycles. The third kappa shape index (κ3) is 4.68.